The van der Waals surface area contributed by atoms with Gasteiger partial charge in [0, 0.05) is 32.2 Å². The molecule has 138 valence electrons. The van der Waals surface area contributed by atoms with Gasteiger partial charge >= 0.3 is 0 Å². The number of benzene rings is 1. The van der Waals surface area contributed by atoms with Crippen molar-refractivity contribution in [2.24, 2.45) is 10.7 Å². The monoisotopic (exact) mass is 349 g/mol. The zero-order valence-corrected chi connectivity index (χ0v) is 14.8. The number of hydrogen-bond acceptors (Lipinski definition) is 7. The van der Waals surface area contributed by atoms with Gasteiger partial charge < -0.3 is 30.9 Å². The van der Waals surface area contributed by atoms with Crippen LogP contribution in [0.3, 0.4) is 0 Å². The Morgan fingerprint density at radius 1 is 1.44 bits per heavy atom. The molecule has 1 aromatic rings. The highest BCUT2D eigenvalue weighted by Gasteiger charge is 2.35. The van der Waals surface area contributed by atoms with E-state index in [2.05, 4.69) is 20.5 Å². The third-order valence-corrected chi connectivity index (χ3v) is 4.48. The highest BCUT2D eigenvalue weighted by Crippen LogP contribution is 2.41. The van der Waals surface area contributed by atoms with Crippen molar-refractivity contribution in [3.05, 3.63) is 12.1 Å². The molecule has 5 N–H and O–H groups in total. The number of nitrogens with one attached hydrogen (secondary N) is 2. The second-order valence-electron chi connectivity index (χ2n) is 6.78. The average Bonchev–Trinajstić information content (AvgIpc) is 2.58. The van der Waals surface area contributed by atoms with Crippen molar-refractivity contribution in [1.29, 1.82) is 0 Å². The molecule has 0 radical (unpaired) electrons. The molecule has 0 saturated carbocycles. The molecular formula is C17H27N5O3. The fourth-order valence-corrected chi connectivity index (χ4v) is 2.93. The molecule has 1 aromatic carbocycles. The minimum atomic E-state index is -0.796. The van der Waals surface area contributed by atoms with E-state index in [0.29, 0.717) is 17.1 Å². The first-order valence-electron chi connectivity index (χ1n) is 8.59. The summed E-state index contributed by atoms with van der Waals surface area (Å²) in [5, 5.41) is 16.6. The molecular weight excluding hydrogens is 322 g/mol. The number of ether oxygens (including phenoxy) is 2. The van der Waals surface area contributed by atoms with Crippen LogP contribution in [0, 0.1) is 0 Å². The molecule has 0 aromatic heterocycles. The molecule has 3 rings (SSSR count). The summed E-state index contributed by atoms with van der Waals surface area (Å²) in [6.45, 7) is 8.88. The van der Waals surface area contributed by atoms with Crippen LogP contribution in [0.15, 0.2) is 17.1 Å². The van der Waals surface area contributed by atoms with Gasteiger partial charge in [-0.1, -0.05) is 0 Å². The first-order chi connectivity index (χ1) is 12.0. The molecule has 1 saturated heterocycles. The van der Waals surface area contributed by atoms with Crippen molar-refractivity contribution >= 4 is 23.4 Å². The Bertz CT molecular complexity index is 629. The number of hydrogen-bond donors (Lipinski definition) is 4. The number of nitrogens with two attached hydrogens (primary N) is 1. The molecule has 1 atom stereocenters. The Hall–Kier alpha value is -2.03. The van der Waals surface area contributed by atoms with Gasteiger partial charge in [-0.3, -0.25) is 4.90 Å². The average molecular weight is 349 g/mol. The third-order valence-electron chi connectivity index (χ3n) is 4.48. The third kappa shape index (κ3) is 4.15. The molecule has 2 heterocycles. The maximum Gasteiger partial charge on any atom is 0.164 e. The van der Waals surface area contributed by atoms with E-state index in [1.165, 1.54) is 6.34 Å². The van der Waals surface area contributed by atoms with Crippen molar-refractivity contribution in [2.45, 2.75) is 25.7 Å². The molecule has 0 aliphatic carbocycles. The van der Waals surface area contributed by atoms with Crippen LogP contribution in [-0.2, 0) is 4.74 Å². The van der Waals surface area contributed by atoms with Gasteiger partial charge in [0.05, 0.1) is 36.6 Å². The van der Waals surface area contributed by atoms with E-state index in [1.807, 2.05) is 26.0 Å². The molecule has 0 amide bonds. The summed E-state index contributed by atoms with van der Waals surface area (Å²) in [6, 6.07) is 3.73. The van der Waals surface area contributed by atoms with E-state index >= 15 is 0 Å². The molecule has 8 heteroatoms. The molecule has 1 unspecified atom stereocenters. The molecule has 2 aliphatic heterocycles. The fourth-order valence-electron chi connectivity index (χ4n) is 2.93. The maximum absolute atomic E-state index is 10.1. The topological polar surface area (TPSA) is 104 Å². The highest BCUT2D eigenvalue weighted by atomic mass is 16.5. The summed E-state index contributed by atoms with van der Waals surface area (Å²) in [5.74, 6) is 0.681. The summed E-state index contributed by atoms with van der Waals surface area (Å²) in [4.78, 5) is 6.58. The Labute approximate surface area is 148 Å². The van der Waals surface area contributed by atoms with Gasteiger partial charge in [0.15, 0.2) is 6.23 Å². The molecule has 8 nitrogen and oxygen atoms in total. The minimum absolute atomic E-state index is 0.681. The molecule has 25 heavy (non-hydrogen) atoms. The van der Waals surface area contributed by atoms with Crippen LogP contribution in [0.4, 0.5) is 17.1 Å². The van der Waals surface area contributed by atoms with Gasteiger partial charge in [0.1, 0.15) is 11.4 Å². The van der Waals surface area contributed by atoms with E-state index in [-0.39, 0.29) is 0 Å². The standard InChI is InChI=1S/C17H27N5O3/c1-17(2)16(23)21-14-9-12(20-11-18)13(10-15(14)25-17)19-3-4-22-5-7-24-8-6-22/h9-11,16,19,21,23H,3-8H2,1-2H3,(H2,18,20). The lowest BCUT2D eigenvalue weighted by Gasteiger charge is -2.38. The SMILES string of the molecule is CC1(C)Oc2cc(NCCN3CCOCC3)c(N=CN)cc2NC1O. The smallest absolute Gasteiger partial charge is 0.164 e. The second-order valence-corrected chi connectivity index (χ2v) is 6.78. The Morgan fingerprint density at radius 2 is 2.20 bits per heavy atom. The highest BCUT2D eigenvalue weighted by molar-refractivity contribution is 5.79. The predicted octanol–water partition coefficient (Wildman–Crippen LogP) is 0.951. The van der Waals surface area contributed by atoms with E-state index < -0.39 is 11.8 Å². The van der Waals surface area contributed by atoms with Crippen LogP contribution in [0.2, 0.25) is 0 Å². The largest absolute Gasteiger partial charge is 0.481 e. The number of nitrogens with zero attached hydrogens (tertiary/aromatic N) is 2. The summed E-state index contributed by atoms with van der Waals surface area (Å²) in [5.41, 5.74) is 7.02. The summed E-state index contributed by atoms with van der Waals surface area (Å²) < 4.78 is 11.3. The van der Waals surface area contributed by atoms with Crippen LogP contribution in [0.1, 0.15) is 13.8 Å². The molecule has 2 aliphatic rings. The lowest BCUT2D eigenvalue weighted by molar-refractivity contribution is -0.0209. The van der Waals surface area contributed by atoms with Crippen LogP contribution in [-0.4, -0.2) is 67.6 Å². The van der Waals surface area contributed by atoms with Gasteiger partial charge in [-0.15, -0.1) is 0 Å². The zero-order chi connectivity index (χ0) is 17.9. The first kappa shape index (κ1) is 17.8. The number of aliphatic hydroxyl groups is 1. The fraction of sp³-hybridized carbons (Fsp3) is 0.588. The molecule has 0 bridgehead atoms. The maximum atomic E-state index is 10.1. The minimum Gasteiger partial charge on any atom is -0.481 e. The van der Waals surface area contributed by atoms with Crippen molar-refractivity contribution in [3.8, 4) is 5.75 Å². The number of morpholine rings is 1. The molecule has 0 spiro atoms. The van der Waals surface area contributed by atoms with Gasteiger partial charge in [0.2, 0.25) is 0 Å². The Morgan fingerprint density at radius 3 is 2.92 bits per heavy atom. The number of anilines is 2. The molecule has 1 fully saturated rings. The van der Waals surface area contributed by atoms with Gasteiger partial charge in [-0.05, 0) is 19.9 Å². The lowest BCUT2D eigenvalue weighted by atomic mass is 10.0. The Kier molecular flexibility index (Phi) is 5.31. The number of aliphatic imine (C=N–C) groups is 1. The second kappa shape index (κ2) is 7.47. The Balaban J connectivity index is 1.73. The number of rotatable bonds is 5. The summed E-state index contributed by atoms with van der Waals surface area (Å²) in [7, 11) is 0. The summed E-state index contributed by atoms with van der Waals surface area (Å²) >= 11 is 0. The number of aliphatic hydroxyl groups excluding tert-OH is 1. The quantitative estimate of drug-likeness (QED) is 0.463. The summed E-state index contributed by atoms with van der Waals surface area (Å²) in [6.07, 6.45) is 0.466. The van der Waals surface area contributed by atoms with E-state index in [0.717, 1.165) is 45.1 Å². The lowest BCUT2D eigenvalue weighted by Crippen LogP contribution is -2.49. The normalized spacial score (nSPS) is 22.9. The van der Waals surface area contributed by atoms with Gasteiger partial charge in [-0.2, -0.15) is 0 Å². The first-order valence-corrected chi connectivity index (χ1v) is 8.59. The van der Waals surface area contributed by atoms with Crippen LogP contribution < -0.4 is 21.1 Å². The van der Waals surface area contributed by atoms with E-state index in [1.54, 1.807) is 0 Å². The van der Waals surface area contributed by atoms with Crippen molar-refractivity contribution < 1.29 is 14.6 Å². The predicted molar refractivity (Wildman–Crippen MR) is 98.9 cm³/mol. The van der Waals surface area contributed by atoms with Crippen LogP contribution >= 0.6 is 0 Å². The van der Waals surface area contributed by atoms with Crippen LogP contribution in [0.25, 0.3) is 0 Å². The van der Waals surface area contributed by atoms with Gasteiger partial charge in [0.25, 0.3) is 0 Å². The van der Waals surface area contributed by atoms with Crippen molar-refractivity contribution in [3.63, 3.8) is 0 Å². The zero-order valence-electron chi connectivity index (χ0n) is 14.8. The number of fused-ring (bicyclic) bond motifs is 1. The van der Waals surface area contributed by atoms with Crippen LogP contribution in [0.5, 0.6) is 5.75 Å². The van der Waals surface area contributed by atoms with Crippen molar-refractivity contribution in [1.82, 2.24) is 4.90 Å². The van der Waals surface area contributed by atoms with E-state index in [4.69, 9.17) is 15.2 Å². The van der Waals surface area contributed by atoms with E-state index in [9.17, 15) is 5.11 Å². The van der Waals surface area contributed by atoms with Gasteiger partial charge in [-0.25, -0.2) is 4.99 Å². The van der Waals surface area contributed by atoms with Crippen molar-refractivity contribution in [2.75, 3.05) is 50.0 Å².